The maximum atomic E-state index is 12.3. The number of primary amides is 1. The largest absolute Gasteiger partial charge is 0.416 e. The van der Waals surface area contributed by atoms with Crippen LogP contribution in [-0.4, -0.2) is 19.6 Å². The Balaban J connectivity index is 3.20. The topological polar surface area (TPSA) is 77.2 Å². The summed E-state index contributed by atoms with van der Waals surface area (Å²) in [6, 6.07) is 2.95. The van der Waals surface area contributed by atoms with Gasteiger partial charge in [0.05, 0.1) is 10.5 Å². The molecule has 106 valence electrons. The first-order valence-corrected chi connectivity index (χ1v) is 6.85. The van der Waals surface area contributed by atoms with E-state index in [4.69, 9.17) is 5.73 Å². The van der Waals surface area contributed by atoms with Gasteiger partial charge >= 0.3 is 6.18 Å². The van der Waals surface area contributed by atoms with Gasteiger partial charge in [0.1, 0.15) is 5.25 Å². The zero-order valence-electron chi connectivity index (χ0n) is 9.94. The molecular formula is C11H12F3NO3S. The fourth-order valence-electron chi connectivity index (χ4n) is 1.57. The number of halogens is 3. The lowest BCUT2D eigenvalue weighted by Gasteiger charge is -2.13. The highest BCUT2D eigenvalue weighted by atomic mass is 32.2. The highest BCUT2D eigenvalue weighted by Crippen LogP contribution is 2.30. The Morgan fingerprint density at radius 1 is 1.26 bits per heavy atom. The molecule has 8 heteroatoms. The van der Waals surface area contributed by atoms with E-state index in [1.807, 2.05) is 0 Å². The van der Waals surface area contributed by atoms with Gasteiger partial charge < -0.3 is 5.73 Å². The summed E-state index contributed by atoms with van der Waals surface area (Å²) in [4.78, 5) is 10.7. The van der Waals surface area contributed by atoms with Crippen molar-refractivity contribution in [3.8, 4) is 0 Å². The van der Waals surface area contributed by atoms with E-state index in [1.54, 1.807) is 0 Å². The van der Waals surface area contributed by atoms with Gasteiger partial charge in [0.25, 0.3) is 0 Å². The van der Waals surface area contributed by atoms with Crippen LogP contribution in [0.15, 0.2) is 29.2 Å². The minimum atomic E-state index is -4.55. The molecule has 1 aromatic carbocycles. The molecule has 0 spiro atoms. The lowest BCUT2D eigenvalue weighted by atomic mass is 10.2. The number of carbonyl (C=O) groups excluding carboxylic acids is 1. The van der Waals surface area contributed by atoms with E-state index in [-0.39, 0.29) is 11.3 Å². The fourth-order valence-corrected chi connectivity index (χ4v) is 3.16. The van der Waals surface area contributed by atoms with Crippen LogP contribution in [0.4, 0.5) is 13.2 Å². The second-order valence-electron chi connectivity index (χ2n) is 3.87. The van der Waals surface area contributed by atoms with Gasteiger partial charge in [-0.2, -0.15) is 13.2 Å². The third-order valence-corrected chi connectivity index (χ3v) is 4.82. The molecule has 0 saturated carbocycles. The Kier molecular flexibility index (Phi) is 4.24. The van der Waals surface area contributed by atoms with Crippen molar-refractivity contribution in [3.05, 3.63) is 29.8 Å². The van der Waals surface area contributed by atoms with Crippen LogP contribution in [0.1, 0.15) is 18.9 Å². The number of hydrogen-bond acceptors (Lipinski definition) is 3. The monoisotopic (exact) mass is 295 g/mol. The highest BCUT2D eigenvalue weighted by Gasteiger charge is 2.33. The number of hydrogen-bond donors (Lipinski definition) is 1. The van der Waals surface area contributed by atoms with Crippen molar-refractivity contribution in [2.24, 2.45) is 5.73 Å². The first-order valence-electron chi connectivity index (χ1n) is 5.31. The third-order valence-electron chi connectivity index (χ3n) is 2.57. The minimum Gasteiger partial charge on any atom is -0.369 e. The summed E-state index contributed by atoms with van der Waals surface area (Å²) in [6.07, 6.45) is -4.59. The summed E-state index contributed by atoms with van der Waals surface area (Å²) in [5.41, 5.74) is 4.01. The Bertz CT molecular complexity index is 564. The van der Waals surface area contributed by atoms with Crippen molar-refractivity contribution in [2.45, 2.75) is 29.7 Å². The van der Waals surface area contributed by atoms with Crippen LogP contribution in [0.2, 0.25) is 0 Å². The second kappa shape index (κ2) is 5.20. The molecule has 0 bridgehead atoms. The molecular weight excluding hydrogens is 283 g/mol. The van der Waals surface area contributed by atoms with E-state index in [1.165, 1.54) is 6.92 Å². The molecule has 0 radical (unpaired) electrons. The summed E-state index contributed by atoms with van der Waals surface area (Å²) < 4.78 is 61.0. The number of alkyl halides is 3. The van der Waals surface area contributed by atoms with Crippen LogP contribution in [-0.2, 0) is 20.8 Å². The van der Waals surface area contributed by atoms with Gasteiger partial charge in [0, 0.05) is 0 Å². The van der Waals surface area contributed by atoms with Crippen molar-refractivity contribution in [2.75, 3.05) is 0 Å². The van der Waals surface area contributed by atoms with Crippen molar-refractivity contribution in [1.29, 1.82) is 0 Å². The van der Waals surface area contributed by atoms with Crippen molar-refractivity contribution in [3.63, 3.8) is 0 Å². The predicted octanol–water partition coefficient (Wildman–Crippen LogP) is 1.74. The van der Waals surface area contributed by atoms with E-state index in [9.17, 15) is 26.4 Å². The molecule has 0 aliphatic rings. The normalized spacial score (nSPS) is 14.1. The molecule has 1 amide bonds. The second-order valence-corrected chi connectivity index (χ2v) is 6.00. The van der Waals surface area contributed by atoms with E-state index in [2.05, 4.69) is 0 Å². The standard InChI is InChI=1S/C11H12F3NO3S/c1-2-9(10(15)16)19(17,18)8-5-3-7(4-6-8)11(12,13)14/h3-6,9H,2H2,1H3,(H2,15,16). The zero-order valence-corrected chi connectivity index (χ0v) is 10.8. The van der Waals surface area contributed by atoms with Crippen LogP contribution in [0, 0.1) is 0 Å². The Morgan fingerprint density at radius 3 is 2.05 bits per heavy atom. The Morgan fingerprint density at radius 2 is 1.74 bits per heavy atom. The predicted molar refractivity (Wildman–Crippen MR) is 61.9 cm³/mol. The number of nitrogens with two attached hydrogens (primary N) is 1. The van der Waals surface area contributed by atoms with Crippen LogP contribution in [0.25, 0.3) is 0 Å². The molecule has 0 saturated heterocycles. The van der Waals surface area contributed by atoms with Crippen LogP contribution in [0.3, 0.4) is 0 Å². The molecule has 19 heavy (non-hydrogen) atoms. The van der Waals surface area contributed by atoms with Gasteiger partial charge in [-0.05, 0) is 30.7 Å². The number of carbonyl (C=O) groups is 1. The molecule has 2 N–H and O–H groups in total. The lowest BCUT2D eigenvalue weighted by Crippen LogP contribution is -2.35. The van der Waals surface area contributed by atoms with Crippen molar-refractivity contribution in [1.82, 2.24) is 0 Å². The average Bonchev–Trinajstić information content (AvgIpc) is 2.28. The van der Waals surface area contributed by atoms with Gasteiger partial charge in [-0.15, -0.1) is 0 Å². The Labute approximate surface area is 108 Å². The first kappa shape index (κ1) is 15.5. The number of benzene rings is 1. The molecule has 1 unspecified atom stereocenters. The van der Waals surface area contributed by atoms with Crippen LogP contribution in [0.5, 0.6) is 0 Å². The maximum absolute atomic E-state index is 12.3. The molecule has 4 nitrogen and oxygen atoms in total. The van der Waals surface area contributed by atoms with E-state index in [0.717, 1.165) is 12.1 Å². The quantitative estimate of drug-likeness (QED) is 0.919. The number of sulfone groups is 1. The van der Waals surface area contributed by atoms with Gasteiger partial charge in [0.15, 0.2) is 9.84 Å². The number of amides is 1. The summed E-state index contributed by atoms with van der Waals surface area (Å²) in [7, 11) is -4.05. The average molecular weight is 295 g/mol. The SMILES string of the molecule is CCC(C(N)=O)S(=O)(=O)c1ccc(C(F)(F)F)cc1. The molecule has 1 aromatic rings. The summed E-state index contributed by atoms with van der Waals surface area (Å²) in [5.74, 6) is -1.03. The first-order chi connectivity index (χ1) is 8.60. The summed E-state index contributed by atoms with van der Waals surface area (Å²) in [5, 5.41) is -1.44. The zero-order chi connectivity index (χ0) is 14.8. The summed E-state index contributed by atoms with van der Waals surface area (Å²) in [6.45, 7) is 1.46. The molecule has 1 atom stereocenters. The lowest BCUT2D eigenvalue weighted by molar-refractivity contribution is -0.137. The molecule has 1 rings (SSSR count). The fraction of sp³-hybridized carbons (Fsp3) is 0.364. The van der Waals surface area contributed by atoms with E-state index < -0.39 is 32.7 Å². The summed E-state index contributed by atoms with van der Waals surface area (Å²) >= 11 is 0. The Hall–Kier alpha value is -1.57. The van der Waals surface area contributed by atoms with Gasteiger partial charge in [0.2, 0.25) is 5.91 Å². The third kappa shape index (κ3) is 3.25. The van der Waals surface area contributed by atoms with Crippen molar-refractivity contribution >= 4 is 15.7 Å². The smallest absolute Gasteiger partial charge is 0.369 e. The molecule has 0 heterocycles. The number of rotatable bonds is 4. The van der Waals surface area contributed by atoms with E-state index in [0.29, 0.717) is 12.1 Å². The van der Waals surface area contributed by atoms with Crippen LogP contribution >= 0.6 is 0 Å². The maximum Gasteiger partial charge on any atom is 0.416 e. The molecule has 0 aliphatic carbocycles. The molecule has 0 aliphatic heterocycles. The van der Waals surface area contributed by atoms with Crippen molar-refractivity contribution < 1.29 is 26.4 Å². The highest BCUT2D eigenvalue weighted by molar-refractivity contribution is 7.92. The van der Waals surface area contributed by atoms with Gasteiger partial charge in [-0.1, -0.05) is 6.92 Å². The van der Waals surface area contributed by atoms with Crippen LogP contribution < -0.4 is 5.73 Å². The van der Waals surface area contributed by atoms with Gasteiger partial charge in [-0.3, -0.25) is 4.79 Å². The molecule has 0 fully saturated rings. The minimum absolute atomic E-state index is 0.0430. The van der Waals surface area contributed by atoms with Gasteiger partial charge in [-0.25, -0.2) is 8.42 Å². The van der Waals surface area contributed by atoms with E-state index >= 15 is 0 Å². The molecule has 0 aromatic heterocycles.